The minimum atomic E-state index is -0.157. The van der Waals surface area contributed by atoms with E-state index in [4.69, 9.17) is 34.8 Å². The molecule has 0 spiro atoms. The Labute approximate surface area is 217 Å². The summed E-state index contributed by atoms with van der Waals surface area (Å²) < 4.78 is 1.59. The first-order valence-electron chi connectivity index (χ1n) is 9.86. The number of aryl methyl sites for hydroxylation is 1. The van der Waals surface area contributed by atoms with Crippen LogP contribution in [0, 0.1) is 6.92 Å². The van der Waals surface area contributed by atoms with Crippen LogP contribution in [-0.2, 0) is 16.1 Å². The summed E-state index contributed by atoms with van der Waals surface area (Å²) in [5.41, 5.74) is 1.68. The smallest absolute Gasteiger partial charge is 0.230 e. The van der Waals surface area contributed by atoms with E-state index in [1.54, 1.807) is 62.2 Å². The Hall–Kier alpha value is -2.59. The molecule has 0 fully saturated rings. The Kier molecular flexibility index (Phi) is 11.4. The zero-order valence-corrected chi connectivity index (χ0v) is 21.8. The minimum absolute atomic E-state index is 0.157. The highest BCUT2D eigenvalue weighted by Gasteiger charge is 2.12. The summed E-state index contributed by atoms with van der Waals surface area (Å²) in [5, 5.41) is 17.6. The number of hydrogen-bond acceptors (Lipinski definition) is 6. The SMILES string of the molecule is CN(C)C=O.Cc1nnc(SCC(=O)NCc2ccc(Cl)cc2Cl)n1/N=C/c1ccc(Cl)cc1. The topological polar surface area (TPSA) is 92.5 Å². The predicted molar refractivity (Wildman–Crippen MR) is 138 cm³/mol. The average Bonchev–Trinajstić information content (AvgIpc) is 3.16. The second-order valence-electron chi connectivity index (χ2n) is 7.01. The van der Waals surface area contributed by atoms with E-state index < -0.39 is 0 Å². The molecule has 3 aromatic rings. The second kappa shape index (κ2) is 14.0. The molecule has 0 aliphatic rings. The van der Waals surface area contributed by atoms with Gasteiger partial charge in [0.2, 0.25) is 17.5 Å². The summed E-state index contributed by atoms with van der Waals surface area (Å²) in [6.45, 7) is 2.11. The summed E-state index contributed by atoms with van der Waals surface area (Å²) in [6.07, 6.45) is 2.43. The van der Waals surface area contributed by atoms with Crippen LogP contribution in [-0.4, -0.2) is 58.2 Å². The molecular weight excluding hydrogens is 519 g/mol. The standard InChI is InChI=1S/C19H16Cl3N5OS.C3H7NO/c1-12-25-26-19(27(12)24-9-13-2-5-15(20)6-3-13)29-11-18(28)23-10-14-4-7-16(21)8-17(14)22;1-4(2)3-5/h2-9H,10-11H2,1H3,(H,23,28);3H,1-2H3/b24-9+;. The molecule has 180 valence electrons. The minimum Gasteiger partial charge on any atom is -0.351 e. The monoisotopic (exact) mass is 540 g/mol. The van der Waals surface area contributed by atoms with Gasteiger partial charge in [0.15, 0.2) is 5.82 Å². The largest absolute Gasteiger partial charge is 0.351 e. The lowest BCUT2D eigenvalue weighted by molar-refractivity contribution is -0.118. The van der Waals surface area contributed by atoms with Crippen LogP contribution in [0.3, 0.4) is 0 Å². The van der Waals surface area contributed by atoms with Crippen LogP contribution in [0.2, 0.25) is 15.1 Å². The van der Waals surface area contributed by atoms with Crippen molar-refractivity contribution in [1.82, 2.24) is 25.1 Å². The Bertz CT molecular complexity index is 1140. The molecule has 34 heavy (non-hydrogen) atoms. The highest BCUT2D eigenvalue weighted by Crippen LogP contribution is 2.21. The van der Waals surface area contributed by atoms with E-state index >= 15 is 0 Å². The molecule has 0 saturated carbocycles. The Morgan fingerprint density at radius 3 is 2.38 bits per heavy atom. The molecule has 1 aromatic heterocycles. The van der Waals surface area contributed by atoms with Crippen molar-refractivity contribution in [2.45, 2.75) is 18.6 Å². The number of hydrogen-bond donors (Lipinski definition) is 1. The normalized spacial score (nSPS) is 10.5. The molecule has 0 saturated heterocycles. The fourth-order valence-electron chi connectivity index (χ4n) is 2.27. The molecule has 1 N–H and O–H groups in total. The van der Waals surface area contributed by atoms with Crippen molar-refractivity contribution in [3.63, 3.8) is 0 Å². The van der Waals surface area contributed by atoms with Crippen molar-refractivity contribution in [2.75, 3.05) is 19.8 Å². The summed E-state index contributed by atoms with van der Waals surface area (Å²) in [4.78, 5) is 23.1. The first-order chi connectivity index (χ1) is 16.2. The van der Waals surface area contributed by atoms with Gasteiger partial charge in [-0.05, 0) is 42.3 Å². The van der Waals surface area contributed by atoms with E-state index in [2.05, 4.69) is 20.6 Å². The number of nitrogens with zero attached hydrogens (tertiary/aromatic N) is 5. The maximum Gasteiger partial charge on any atom is 0.230 e. The van der Waals surface area contributed by atoms with Gasteiger partial charge in [0.1, 0.15) is 0 Å². The molecule has 0 atom stereocenters. The zero-order valence-electron chi connectivity index (χ0n) is 18.7. The van der Waals surface area contributed by atoms with E-state index in [1.807, 2.05) is 12.1 Å². The fourth-order valence-corrected chi connectivity index (χ4v) is 3.64. The molecule has 2 aromatic carbocycles. The maximum atomic E-state index is 12.2. The lowest BCUT2D eigenvalue weighted by Gasteiger charge is -2.07. The van der Waals surface area contributed by atoms with Gasteiger partial charge in [0, 0.05) is 35.7 Å². The van der Waals surface area contributed by atoms with Crippen LogP contribution in [0.15, 0.2) is 52.7 Å². The van der Waals surface area contributed by atoms with Gasteiger partial charge in [0.05, 0.1) is 12.0 Å². The number of rotatable bonds is 8. The Morgan fingerprint density at radius 1 is 1.12 bits per heavy atom. The fraction of sp³-hybridized carbons (Fsp3) is 0.227. The predicted octanol–water partition coefficient (Wildman–Crippen LogP) is 4.54. The molecule has 2 amide bonds. The van der Waals surface area contributed by atoms with Crippen LogP contribution in [0.1, 0.15) is 17.0 Å². The first kappa shape index (κ1) is 27.7. The molecule has 0 radical (unpaired) electrons. The molecule has 8 nitrogen and oxygen atoms in total. The summed E-state index contributed by atoms with van der Waals surface area (Å²) in [7, 11) is 3.38. The third kappa shape index (κ3) is 9.34. The molecule has 3 rings (SSSR count). The molecule has 1 heterocycles. The van der Waals surface area contributed by atoms with Gasteiger partial charge in [-0.1, -0.05) is 64.8 Å². The average molecular weight is 542 g/mol. The van der Waals surface area contributed by atoms with Crippen molar-refractivity contribution < 1.29 is 9.59 Å². The Balaban J connectivity index is 0.000000739. The van der Waals surface area contributed by atoms with Gasteiger partial charge in [0.25, 0.3) is 0 Å². The number of amides is 2. The number of nitrogens with one attached hydrogen (secondary N) is 1. The van der Waals surface area contributed by atoms with Gasteiger partial charge < -0.3 is 10.2 Å². The van der Waals surface area contributed by atoms with Crippen LogP contribution in [0.5, 0.6) is 0 Å². The molecule has 12 heteroatoms. The lowest BCUT2D eigenvalue weighted by atomic mass is 10.2. The van der Waals surface area contributed by atoms with Crippen molar-refractivity contribution >= 4 is 65.1 Å². The molecule has 0 aliphatic carbocycles. The quantitative estimate of drug-likeness (QED) is 0.257. The molecule has 0 bridgehead atoms. The highest BCUT2D eigenvalue weighted by molar-refractivity contribution is 7.99. The van der Waals surface area contributed by atoms with E-state index in [-0.39, 0.29) is 11.7 Å². The zero-order chi connectivity index (χ0) is 25.1. The number of benzene rings is 2. The molecule has 0 aliphatic heterocycles. The van der Waals surface area contributed by atoms with Crippen LogP contribution in [0.4, 0.5) is 0 Å². The third-order valence-electron chi connectivity index (χ3n) is 3.99. The maximum absolute atomic E-state index is 12.2. The first-order valence-corrected chi connectivity index (χ1v) is 12.0. The van der Waals surface area contributed by atoms with E-state index in [0.29, 0.717) is 32.6 Å². The summed E-state index contributed by atoms with van der Waals surface area (Å²) in [6, 6.07) is 12.4. The highest BCUT2D eigenvalue weighted by atomic mass is 35.5. The van der Waals surface area contributed by atoms with Crippen molar-refractivity contribution in [3.05, 3.63) is 74.5 Å². The van der Waals surface area contributed by atoms with Crippen molar-refractivity contribution in [1.29, 1.82) is 0 Å². The summed E-state index contributed by atoms with van der Waals surface area (Å²) >= 11 is 19.1. The van der Waals surface area contributed by atoms with E-state index in [0.717, 1.165) is 17.5 Å². The molecular formula is C22H23Cl3N6O2S. The molecule has 0 unspecified atom stereocenters. The number of aromatic nitrogens is 3. The number of thioether (sulfide) groups is 1. The van der Waals surface area contributed by atoms with Crippen LogP contribution < -0.4 is 5.32 Å². The van der Waals surface area contributed by atoms with Gasteiger partial charge in [-0.25, -0.2) is 0 Å². The van der Waals surface area contributed by atoms with Gasteiger partial charge >= 0.3 is 0 Å². The van der Waals surface area contributed by atoms with Crippen molar-refractivity contribution in [2.24, 2.45) is 5.10 Å². The van der Waals surface area contributed by atoms with Gasteiger partial charge in [-0.3, -0.25) is 9.59 Å². The van der Waals surface area contributed by atoms with Gasteiger partial charge in [-0.15, -0.1) is 10.2 Å². The van der Waals surface area contributed by atoms with Crippen LogP contribution in [0.25, 0.3) is 0 Å². The van der Waals surface area contributed by atoms with Gasteiger partial charge in [-0.2, -0.15) is 9.78 Å². The third-order valence-corrected chi connectivity index (χ3v) is 5.75. The summed E-state index contributed by atoms with van der Waals surface area (Å²) in [5.74, 6) is 0.626. The van der Waals surface area contributed by atoms with Crippen molar-refractivity contribution in [3.8, 4) is 0 Å². The second-order valence-corrected chi connectivity index (χ2v) is 9.23. The number of halogens is 3. The van der Waals surface area contributed by atoms with E-state index in [1.165, 1.54) is 16.7 Å². The number of carbonyl (C=O) groups excluding carboxylic acids is 2. The van der Waals surface area contributed by atoms with E-state index in [9.17, 15) is 9.59 Å². The Morgan fingerprint density at radius 2 is 1.76 bits per heavy atom. The number of carbonyl (C=O) groups is 2. The van der Waals surface area contributed by atoms with Crippen LogP contribution >= 0.6 is 46.6 Å². The lowest BCUT2D eigenvalue weighted by Crippen LogP contribution is -2.24.